The molecule has 6 heteroatoms. The zero-order valence-corrected chi connectivity index (χ0v) is 15.8. The fourth-order valence-electron chi connectivity index (χ4n) is 2.40. The molecule has 0 radical (unpaired) electrons. The Morgan fingerprint density at radius 1 is 1.36 bits per heavy atom. The van der Waals surface area contributed by atoms with Gasteiger partial charge in [-0.3, -0.25) is 0 Å². The van der Waals surface area contributed by atoms with Crippen molar-refractivity contribution >= 4 is 47.2 Å². The Kier molecular flexibility index (Phi) is 8.43. The fourth-order valence-corrected chi connectivity index (χ4v) is 2.58. The minimum Gasteiger partial charge on any atom is -0.368 e. The standard InChI is InChI=1S/C16H21ClN4.HI/c1-3-8-19-16(18-4-2)21-11-9-20(10-12-21)15-7-5-6-14(17)13-15;/h1,5-7,13H,4,8-12H2,2H3,(H,18,19);1H. The molecule has 0 amide bonds. The lowest BCUT2D eigenvalue weighted by molar-refractivity contribution is 0.373. The van der Waals surface area contributed by atoms with Gasteiger partial charge in [-0.2, -0.15) is 0 Å². The van der Waals surface area contributed by atoms with Crippen molar-refractivity contribution in [2.75, 3.05) is 44.2 Å². The minimum absolute atomic E-state index is 0. The first kappa shape index (κ1) is 18.9. The number of halogens is 2. The van der Waals surface area contributed by atoms with Crippen molar-refractivity contribution in [1.29, 1.82) is 0 Å². The van der Waals surface area contributed by atoms with Crippen LogP contribution in [0.1, 0.15) is 6.92 Å². The van der Waals surface area contributed by atoms with E-state index in [1.54, 1.807) is 0 Å². The number of terminal acetylenes is 1. The van der Waals surface area contributed by atoms with Gasteiger partial charge in [0.05, 0.1) is 0 Å². The molecule has 1 fully saturated rings. The first-order valence-corrected chi connectivity index (χ1v) is 7.59. The van der Waals surface area contributed by atoms with E-state index in [4.69, 9.17) is 18.0 Å². The third-order valence-corrected chi connectivity index (χ3v) is 3.64. The largest absolute Gasteiger partial charge is 0.368 e. The molecule has 0 spiro atoms. The number of aliphatic imine (C=N–C) groups is 1. The average molecular weight is 433 g/mol. The van der Waals surface area contributed by atoms with E-state index in [-0.39, 0.29) is 24.0 Å². The van der Waals surface area contributed by atoms with Crippen molar-refractivity contribution in [2.24, 2.45) is 4.99 Å². The number of rotatable bonds is 3. The minimum atomic E-state index is 0. The van der Waals surface area contributed by atoms with Gasteiger partial charge in [-0.15, -0.1) is 30.4 Å². The average Bonchev–Trinajstić information content (AvgIpc) is 2.52. The number of hydrogen-bond acceptors (Lipinski definition) is 2. The molecular weight excluding hydrogens is 411 g/mol. The highest BCUT2D eigenvalue weighted by Gasteiger charge is 2.19. The molecule has 1 aromatic rings. The van der Waals surface area contributed by atoms with Gasteiger partial charge in [0.1, 0.15) is 6.54 Å². The van der Waals surface area contributed by atoms with E-state index >= 15 is 0 Å². The Morgan fingerprint density at radius 3 is 2.68 bits per heavy atom. The van der Waals surface area contributed by atoms with Crippen molar-refractivity contribution in [3.05, 3.63) is 29.3 Å². The summed E-state index contributed by atoms with van der Waals surface area (Å²) in [5.41, 5.74) is 1.17. The van der Waals surface area contributed by atoms with E-state index in [0.29, 0.717) is 6.54 Å². The van der Waals surface area contributed by atoms with Crippen LogP contribution in [0.5, 0.6) is 0 Å². The molecule has 0 aliphatic carbocycles. The van der Waals surface area contributed by atoms with Crippen molar-refractivity contribution in [2.45, 2.75) is 6.92 Å². The molecule has 0 aromatic heterocycles. The Morgan fingerprint density at radius 2 is 2.09 bits per heavy atom. The first-order valence-electron chi connectivity index (χ1n) is 7.22. The quantitative estimate of drug-likeness (QED) is 0.345. The zero-order chi connectivity index (χ0) is 15.1. The monoisotopic (exact) mass is 432 g/mol. The lowest BCUT2D eigenvalue weighted by Crippen LogP contribution is -2.52. The first-order chi connectivity index (χ1) is 10.2. The molecule has 2 rings (SSSR count). The predicted octanol–water partition coefficient (Wildman–Crippen LogP) is 2.68. The molecule has 4 nitrogen and oxygen atoms in total. The summed E-state index contributed by atoms with van der Waals surface area (Å²) >= 11 is 6.06. The van der Waals surface area contributed by atoms with Crippen LogP contribution in [0.4, 0.5) is 5.69 Å². The molecular formula is C16H22ClIN4. The molecule has 0 saturated carbocycles. The van der Waals surface area contributed by atoms with Gasteiger partial charge >= 0.3 is 0 Å². The Balaban J connectivity index is 0.00000242. The highest BCUT2D eigenvalue weighted by Crippen LogP contribution is 2.20. The number of nitrogens with zero attached hydrogens (tertiary/aromatic N) is 3. The van der Waals surface area contributed by atoms with E-state index in [2.05, 4.69) is 39.0 Å². The van der Waals surface area contributed by atoms with Gasteiger partial charge in [0.15, 0.2) is 5.96 Å². The summed E-state index contributed by atoms with van der Waals surface area (Å²) in [5, 5.41) is 4.07. The molecule has 1 aromatic carbocycles. The molecule has 0 bridgehead atoms. The maximum atomic E-state index is 6.06. The Bertz CT molecular complexity index is 533. The highest BCUT2D eigenvalue weighted by molar-refractivity contribution is 14.0. The smallest absolute Gasteiger partial charge is 0.195 e. The number of benzene rings is 1. The molecule has 22 heavy (non-hydrogen) atoms. The summed E-state index contributed by atoms with van der Waals surface area (Å²) in [5.74, 6) is 3.46. The maximum absolute atomic E-state index is 6.06. The maximum Gasteiger partial charge on any atom is 0.195 e. The molecule has 1 saturated heterocycles. The molecule has 120 valence electrons. The third kappa shape index (κ3) is 5.25. The molecule has 1 aliphatic rings. The summed E-state index contributed by atoms with van der Waals surface area (Å²) in [7, 11) is 0. The van der Waals surface area contributed by atoms with Crippen LogP contribution in [-0.4, -0.2) is 50.1 Å². The molecule has 0 unspecified atom stereocenters. The van der Waals surface area contributed by atoms with E-state index in [1.165, 1.54) is 5.69 Å². The van der Waals surface area contributed by atoms with Crippen molar-refractivity contribution in [3.8, 4) is 12.3 Å². The van der Waals surface area contributed by atoms with E-state index < -0.39 is 0 Å². The van der Waals surface area contributed by atoms with Gasteiger partial charge in [-0.25, -0.2) is 4.99 Å². The number of guanidine groups is 1. The Labute approximate surface area is 154 Å². The summed E-state index contributed by atoms with van der Waals surface area (Å²) in [6, 6.07) is 7.99. The van der Waals surface area contributed by atoms with Crippen LogP contribution < -0.4 is 10.2 Å². The van der Waals surface area contributed by atoms with Crippen LogP contribution in [-0.2, 0) is 0 Å². The van der Waals surface area contributed by atoms with E-state index in [0.717, 1.165) is 43.7 Å². The van der Waals surface area contributed by atoms with Gasteiger partial charge in [-0.1, -0.05) is 23.6 Å². The SMILES string of the molecule is C#CCN=C(NCC)N1CCN(c2cccc(Cl)c2)CC1.I. The van der Waals surface area contributed by atoms with Crippen LogP contribution in [0.3, 0.4) is 0 Å². The van der Waals surface area contributed by atoms with Crippen LogP contribution in [0.2, 0.25) is 5.02 Å². The van der Waals surface area contributed by atoms with Gasteiger partial charge in [0.25, 0.3) is 0 Å². The summed E-state index contributed by atoms with van der Waals surface area (Å²) in [6.45, 7) is 7.05. The Hall–Kier alpha value is -1.13. The molecule has 0 atom stereocenters. The lowest BCUT2D eigenvalue weighted by atomic mass is 10.2. The second-order valence-corrected chi connectivity index (χ2v) is 5.26. The molecule has 1 N–H and O–H groups in total. The predicted molar refractivity (Wildman–Crippen MR) is 105 cm³/mol. The molecule has 1 heterocycles. The van der Waals surface area contributed by atoms with E-state index in [1.807, 2.05) is 18.2 Å². The normalized spacial score (nSPS) is 15.0. The summed E-state index contributed by atoms with van der Waals surface area (Å²) in [4.78, 5) is 9.02. The topological polar surface area (TPSA) is 30.9 Å². The zero-order valence-electron chi connectivity index (χ0n) is 12.8. The molecule has 1 aliphatic heterocycles. The fraction of sp³-hybridized carbons (Fsp3) is 0.438. The van der Waals surface area contributed by atoms with Gasteiger partial charge < -0.3 is 15.1 Å². The van der Waals surface area contributed by atoms with Gasteiger partial charge in [0.2, 0.25) is 0 Å². The second kappa shape index (κ2) is 9.80. The lowest BCUT2D eigenvalue weighted by Gasteiger charge is -2.37. The van der Waals surface area contributed by atoms with Crippen LogP contribution in [0, 0.1) is 12.3 Å². The van der Waals surface area contributed by atoms with Crippen molar-refractivity contribution < 1.29 is 0 Å². The number of hydrogen-bond donors (Lipinski definition) is 1. The van der Waals surface area contributed by atoms with Crippen LogP contribution in [0.25, 0.3) is 0 Å². The van der Waals surface area contributed by atoms with Crippen molar-refractivity contribution in [3.63, 3.8) is 0 Å². The van der Waals surface area contributed by atoms with Crippen LogP contribution in [0.15, 0.2) is 29.3 Å². The highest BCUT2D eigenvalue weighted by atomic mass is 127. The summed E-state index contributed by atoms with van der Waals surface area (Å²) in [6.07, 6.45) is 5.29. The number of anilines is 1. The number of nitrogens with one attached hydrogen (secondary N) is 1. The van der Waals surface area contributed by atoms with Crippen molar-refractivity contribution in [1.82, 2.24) is 10.2 Å². The van der Waals surface area contributed by atoms with Crippen LogP contribution >= 0.6 is 35.6 Å². The third-order valence-electron chi connectivity index (χ3n) is 3.41. The van der Waals surface area contributed by atoms with E-state index in [9.17, 15) is 0 Å². The van der Waals surface area contributed by atoms with Gasteiger partial charge in [0, 0.05) is 43.4 Å². The number of piperazine rings is 1. The second-order valence-electron chi connectivity index (χ2n) is 4.83. The summed E-state index contributed by atoms with van der Waals surface area (Å²) < 4.78 is 0. The van der Waals surface area contributed by atoms with Gasteiger partial charge in [-0.05, 0) is 25.1 Å².